The van der Waals surface area contributed by atoms with E-state index in [4.69, 9.17) is 30.8 Å². The maximum Gasteiger partial charge on any atom is 0.338 e. The summed E-state index contributed by atoms with van der Waals surface area (Å²) >= 11 is 7.48. The van der Waals surface area contributed by atoms with Gasteiger partial charge in [0.05, 0.1) is 35.6 Å². The van der Waals surface area contributed by atoms with Gasteiger partial charge in [0.1, 0.15) is 6.61 Å². The number of benzene rings is 4. The fourth-order valence-electron chi connectivity index (χ4n) is 5.23. The summed E-state index contributed by atoms with van der Waals surface area (Å²) in [5.74, 6) is 0.516. The second-order valence-corrected chi connectivity index (χ2v) is 11.6. The number of aromatic nitrogens is 1. The second kappa shape index (κ2) is 13.4. The van der Waals surface area contributed by atoms with Crippen LogP contribution >= 0.6 is 22.9 Å². The molecule has 45 heavy (non-hydrogen) atoms. The number of thiazole rings is 1. The van der Waals surface area contributed by atoms with Gasteiger partial charge in [-0.3, -0.25) is 9.36 Å². The van der Waals surface area contributed by atoms with Gasteiger partial charge in [0.15, 0.2) is 16.3 Å². The first-order valence-corrected chi connectivity index (χ1v) is 15.6. The number of carbonyl (C=O) groups is 1. The summed E-state index contributed by atoms with van der Waals surface area (Å²) in [6.45, 7) is 2.24. The average Bonchev–Trinajstić information content (AvgIpc) is 3.38. The van der Waals surface area contributed by atoms with Crippen molar-refractivity contribution in [2.45, 2.75) is 19.6 Å². The minimum atomic E-state index is -0.797. The number of rotatable bonds is 9. The molecule has 0 radical (unpaired) electrons. The molecule has 226 valence electrons. The van der Waals surface area contributed by atoms with E-state index >= 15 is 0 Å². The van der Waals surface area contributed by atoms with Crippen molar-refractivity contribution in [1.29, 1.82) is 0 Å². The Morgan fingerprint density at radius 2 is 1.67 bits per heavy atom. The molecule has 5 aromatic rings. The Bertz CT molecular complexity index is 2050. The lowest BCUT2D eigenvalue weighted by Gasteiger charge is -2.26. The molecule has 0 N–H and O–H groups in total. The highest BCUT2D eigenvalue weighted by molar-refractivity contribution is 7.07. The Hall–Kier alpha value is -4.92. The summed E-state index contributed by atoms with van der Waals surface area (Å²) in [6, 6.07) is 31.1. The first-order chi connectivity index (χ1) is 22.0. The first-order valence-electron chi connectivity index (χ1n) is 14.4. The van der Waals surface area contributed by atoms with E-state index in [1.54, 1.807) is 36.8 Å². The van der Waals surface area contributed by atoms with E-state index in [-0.39, 0.29) is 17.7 Å². The lowest BCUT2D eigenvalue weighted by molar-refractivity contribution is -0.138. The number of carbonyl (C=O) groups excluding carboxylic acids is 1. The van der Waals surface area contributed by atoms with E-state index in [1.807, 2.05) is 91.0 Å². The smallest absolute Gasteiger partial charge is 0.338 e. The van der Waals surface area contributed by atoms with Crippen molar-refractivity contribution in [3.8, 4) is 11.5 Å². The Morgan fingerprint density at radius 3 is 2.36 bits per heavy atom. The summed E-state index contributed by atoms with van der Waals surface area (Å²) in [4.78, 5) is 33.3. The van der Waals surface area contributed by atoms with Crippen molar-refractivity contribution < 1.29 is 19.0 Å². The Labute approximate surface area is 268 Å². The normalized spacial score (nSPS) is 14.5. The van der Waals surface area contributed by atoms with Crippen LogP contribution in [-0.4, -0.2) is 24.3 Å². The third-order valence-electron chi connectivity index (χ3n) is 7.30. The minimum absolute atomic E-state index is 0.170. The number of nitrogens with zero attached hydrogens (tertiary/aromatic N) is 2. The standard InChI is InChI=1S/C36H29ClN2O5S/c1-3-43-35(41)30-31(24-13-8-5-9-14-24)38-36-39(32(30)25-17-19-27(37)20-18-25)34(40)29(45-36)21-26-15-10-16-28(42-2)33(26)44-22-23-11-6-4-7-12-23/h4-21,32H,3,22H2,1-2H3/b29-21-/t32-/m0/s1. The van der Waals surface area contributed by atoms with Crippen molar-refractivity contribution >= 4 is 40.7 Å². The second-order valence-electron chi connectivity index (χ2n) is 10.1. The number of methoxy groups -OCH3 is 1. The minimum Gasteiger partial charge on any atom is -0.493 e. The lowest BCUT2D eigenvalue weighted by Crippen LogP contribution is -2.40. The van der Waals surface area contributed by atoms with Crippen LogP contribution in [0.4, 0.5) is 0 Å². The molecular weight excluding hydrogens is 608 g/mol. The first kappa shape index (κ1) is 30.1. The quantitative estimate of drug-likeness (QED) is 0.181. The van der Waals surface area contributed by atoms with Crippen LogP contribution in [0.2, 0.25) is 5.02 Å². The molecule has 1 aliphatic heterocycles. The fraction of sp³-hybridized carbons (Fsp3) is 0.139. The zero-order valence-corrected chi connectivity index (χ0v) is 26.2. The summed E-state index contributed by atoms with van der Waals surface area (Å²) in [7, 11) is 1.58. The molecule has 6 rings (SSSR count). The van der Waals surface area contributed by atoms with Crippen molar-refractivity contribution in [3.05, 3.63) is 156 Å². The molecule has 2 heterocycles. The van der Waals surface area contributed by atoms with Gasteiger partial charge in [0.25, 0.3) is 5.56 Å². The Morgan fingerprint density at radius 1 is 0.956 bits per heavy atom. The van der Waals surface area contributed by atoms with Gasteiger partial charge in [-0.25, -0.2) is 9.79 Å². The molecule has 0 bridgehead atoms. The maximum atomic E-state index is 14.3. The maximum absolute atomic E-state index is 14.3. The van der Waals surface area contributed by atoms with E-state index in [1.165, 1.54) is 11.3 Å². The fourth-order valence-corrected chi connectivity index (χ4v) is 6.35. The van der Waals surface area contributed by atoms with E-state index in [0.29, 0.717) is 49.3 Å². The Kier molecular flexibility index (Phi) is 8.96. The molecule has 0 fully saturated rings. The van der Waals surface area contributed by atoms with Crippen molar-refractivity contribution in [1.82, 2.24) is 4.57 Å². The molecule has 0 saturated carbocycles. The summed E-state index contributed by atoms with van der Waals surface area (Å²) in [6.07, 6.45) is 1.78. The molecule has 4 aromatic carbocycles. The van der Waals surface area contributed by atoms with Gasteiger partial charge in [-0.15, -0.1) is 0 Å². The summed E-state index contributed by atoms with van der Waals surface area (Å²) < 4.78 is 19.4. The van der Waals surface area contributed by atoms with Crippen LogP contribution in [0, 0.1) is 0 Å². The Balaban J connectivity index is 1.56. The molecule has 7 nitrogen and oxygen atoms in total. The number of hydrogen-bond acceptors (Lipinski definition) is 7. The number of fused-ring (bicyclic) bond motifs is 1. The number of esters is 1. The van der Waals surface area contributed by atoms with E-state index in [0.717, 1.165) is 11.1 Å². The van der Waals surface area contributed by atoms with Gasteiger partial charge < -0.3 is 14.2 Å². The van der Waals surface area contributed by atoms with Crippen LogP contribution in [0.3, 0.4) is 0 Å². The third kappa shape index (κ3) is 6.20. The van der Waals surface area contributed by atoms with E-state index in [9.17, 15) is 9.59 Å². The third-order valence-corrected chi connectivity index (χ3v) is 8.54. The molecule has 1 atom stereocenters. The van der Waals surface area contributed by atoms with Crippen molar-refractivity contribution in [3.63, 3.8) is 0 Å². The molecule has 0 aliphatic carbocycles. The topological polar surface area (TPSA) is 79.1 Å². The predicted octanol–water partition coefficient (Wildman–Crippen LogP) is 6.18. The predicted molar refractivity (Wildman–Crippen MR) is 176 cm³/mol. The van der Waals surface area contributed by atoms with Crippen molar-refractivity contribution in [2.24, 2.45) is 4.99 Å². The van der Waals surface area contributed by atoms with Gasteiger partial charge in [-0.05, 0) is 42.3 Å². The molecule has 9 heteroatoms. The molecule has 0 saturated heterocycles. The summed E-state index contributed by atoms with van der Waals surface area (Å²) in [5, 5.41) is 0.539. The van der Waals surface area contributed by atoms with Gasteiger partial charge in [0.2, 0.25) is 0 Å². The van der Waals surface area contributed by atoms with Crippen LogP contribution in [0.25, 0.3) is 11.8 Å². The molecule has 1 aromatic heterocycles. The largest absolute Gasteiger partial charge is 0.493 e. The van der Waals surface area contributed by atoms with Gasteiger partial charge >= 0.3 is 5.97 Å². The van der Waals surface area contributed by atoms with Gasteiger partial charge in [0, 0.05) is 16.1 Å². The van der Waals surface area contributed by atoms with Gasteiger partial charge in [-0.2, -0.15) is 0 Å². The number of halogens is 1. The van der Waals surface area contributed by atoms with Crippen LogP contribution in [0.1, 0.15) is 35.2 Å². The highest BCUT2D eigenvalue weighted by atomic mass is 35.5. The number of hydrogen-bond donors (Lipinski definition) is 0. The summed E-state index contributed by atoms with van der Waals surface area (Å²) in [5.41, 5.74) is 3.54. The van der Waals surface area contributed by atoms with Crippen LogP contribution in [0.5, 0.6) is 11.5 Å². The van der Waals surface area contributed by atoms with Gasteiger partial charge in [-0.1, -0.05) is 108 Å². The van der Waals surface area contributed by atoms with E-state index < -0.39 is 12.0 Å². The monoisotopic (exact) mass is 636 g/mol. The average molecular weight is 637 g/mol. The van der Waals surface area contributed by atoms with Crippen molar-refractivity contribution in [2.75, 3.05) is 13.7 Å². The highest BCUT2D eigenvalue weighted by Gasteiger charge is 2.35. The SMILES string of the molecule is CCOC(=O)C1=C(c2ccccc2)N=c2s/c(=C\c3cccc(OC)c3OCc3ccccc3)c(=O)n2[C@H]1c1ccc(Cl)cc1. The molecular formula is C36H29ClN2O5S. The molecule has 0 unspecified atom stereocenters. The van der Waals surface area contributed by atoms with Crippen LogP contribution in [-0.2, 0) is 16.1 Å². The molecule has 0 spiro atoms. The molecule has 0 amide bonds. The van der Waals surface area contributed by atoms with Crippen LogP contribution in [0.15, 0.2) is 118 Å². The number of para-hydroxylation sites is 1. The lowest BCUT2D eigenvalue weighted by atomic mass is 9.93. The van der Waals surface area contributed by atoms with Crippen LogP contribution < -0.4 is 24.4 Å². The molecule has 1 aliphatic rings. The zero-order valence-electron chi connectivity index (χ0n) is 24.6. The number of ether oxygens (including phenoxy) is 3. The van der Waals surface area contributed by atoms with E-state index in [2.05, 4.69) is 0 Å². The highest BCUT2D eigenvalue weighted by Crippen LogP contribution is 2.36. The zero-order chi connectivity index (χ0) is 31.3.